The minimum absolute atomic E-state index is 0.0706. The summed E-state index contributed by atoms with van der Waals surface area (Å²) in [5.74, 6) is -1.03. The van der Waals surface area contributed by atoms with Gasteiger partial charge in [-0.1, -0.05) is 23.2 Å². The Balaban J connectivity index is 2.35. The van der Waals surface area contributed by atoms with Crippen LogP contribution < -0.4 is 4.72 Å². The van der Waals surface area contributed by atoms with Crippen molar-refractivity contribution in [3.8, 4) is 0 Å². The SMILES string of the molecule is O=S(=O)(Nc1ccc(Cl)nn1)c1ccc(Cl)cc1F. The van der Waals surface area contributed by atoms with Crippen molar-refractivity contribution in [2.45, 2.75) is 4.90 Å². The molecular formula is C10H6Cl2FN3O2S. The Kier molecular flexibility index (Phi) is 3.88. The van der Waals surface area contributed by atoms with Crippen molar-refractivity contribution in [2.75, 3.05) is 4.72 Å². The van der Waals surface area contributed by atoms with Crippen LogP contribution in [0, 0.1) is 5.82 Å². The monoisotopic (exact) mass is 321 g/mol. The first-order chi connectivity index (χ1) is 8.88. The van der Waals surface area contributed by atoms with E-state index >= 15 is 0 Å². The standard InChI is InChI=1S/C10H6Cl2FN3O2S/c11-6-1-2-8(7(13)5-6)19(17,18)16-10-4-3-9(12)14-15-10/h1-5H,(H,15,16). The van der Waals surface area contributed by atoms with Gasteiger partial charge in [0.25, 0.3) is 10.0 Å². The summed E-state index contributed by atoms with van der Waals surface area (Å²) in [6, 6.07) is 5.89. The third kappa shape index (κ3) is 3.31. The van der Waals surface area contributed by atoms with Crippen LogP contribution in [0.2, 0.25) is 10.2 Å². The number of nitrogens with one attached hydrogen (secondary N) is 1. The molecule has 100 valence electrons. The first-order valence-corrected chi connectivity index (χ1v) is 7.09. The number of aromatic nitrogens is 2. The van der Waals surface area contributed by atoms with Crippen LogP contribution in [-0.2, 0) is 10.0 Å². The van der Waals surface area contributed by atoms with E-state index in [1.54, 1.807) is 0 Å². The van der Waals surface area contributed by atoms with E-state index in [4.69, 9.17) is 23.2 Å². The highest BCUT2D eigenvalue weighted by molar-refractivity contribution is 7.92. The van der Waals surface area contributed by atoms with E-state index < -0.39 is 20.7 Å². The number of hydrogen-bond acceptors (Lipinski definition) is 4. The lowest BCUT2D eigenvalue weighted by Gasteiger charge is -2.07. The Morgan fingerprint density at radius 2 is 1.84 bits per heavy atom. The quantitative estimate of drug-likeness (QED) is 0.943. The normalized spacial score (nSPS) is 11.3. The number of hydrogen-bond donors (Lipinski definition) is 1. The maximum atomic E-state index is 13.6. The smallest absolute Gasteiger partial charge is 0.262 e. The molecule has 1 aromatic carbocycles. The molecular weight excluding hydrogens is 316 g/mol. The zero-order valence-electron chi connectivity index (χ0n) is 9.14. The number of rotatable bonds is 3. The minimum Gasteiger partial charge on any atom is -0.262 e. The number of sulfonamides is 1. The van der Waals surface area contributed by atoms with Crippen molar-refractivity contribution >= 4 is 39.0 Å². The lowest BCUT2D eigenvalue weighted by Crippen LogP contribution is -2.15. The summed E-state index contributed by atoms with van der Waals surface area (Å²) >= 11 is 11.1. The molecule has 2 aromatic rings. The van der Waals surface area contributed by atoms with Gasteiger partial charge in [-0.3, -0.25) is 4.72 Å². The molecule has 0 fully saturated rings. The van der Waals surface area contributed by atoms with Gasteiger partial charge < -0.3 is 0 Å². The van der Waals surface area contributed by atoms with Crippen LogP contribution in [0.1, 0.15) is 0 Å². The fourth-order valence-corrected chi connectivity index (χ4v) is 2.57. The van der Waals surface area contributed by atoms with Gasteiger partial charge in [-0.25, -0.2) is 12.8 Å². The van der Waals surface area contributed by atoms with Crippen LogP contribution in [0.3, 0.4) is 0 Å². The zero-order chi connectivity index (χ0) is 14.0. The van der Waals surface area contributed by atoms with E-state index in [1.807, 2.05) is 0 Å². The molecule has 1 heterocycles. The molecule has 0 saturated carbocycles. The molecule has 2 rings (SSSR count). The summed E-state index contributed by atoms with van der Waals surface area (Å²) in [6.07, 6.45) is 0. The Labute approximate surface area is 118 Å². The van der Waals surface area contributed by atoms with Gasteiger partial charge in [0, 0.05) is 5.02 Å². The highest BCUT2D eigenvalue weighted by Crippen LogP contribution is 2.21. The van der Waals surface area contributed by atoms with E-state index in [9.17, 15) is 12.8 Å². The lowest BCUT2D eigenvalue weighted by molar-refractivity contribution is 0.570. The molecule has 0 spiro atoms. The Morgan fingerprint density at radius 3 is 2.42 bits per heavy atom. The van der Waals surface area contributed by atoms with E-state index in [2.05, 4.69) is 14.9 Å². The highest BCUT2D eigenvalue weighted by Gasteiger charge is 2.20. The molecule has 5 nitrogen and oxygen atoms in total. The first-order valence-electron chi connectivity index (χ1n) is 4.85. The summed E-state index contributed by atoms with van der Waals surface area (Å²) < 4.78 is 39.5. The fourth-order valence-electron chi connectivity index (χ4n) is 1.26. The lowest BCUT2D eigenvalue weighted by atomic mass is 10.3. The maximum Gasteiger partial charge on any atom is 0.266 e. The van der Waals surface area contributed by atoms with Gasteiger partial charge in [-0.2, -0.15) is 0 Å². The summed E-state index contributed by atoms with van der Waals surface area (Å²) in [5, 5.41) is 7.19. The highest BCUT2D eigenvalue weighted by atomic mass is 35.5. The van der Waals surface area contributed by atoms with E-state index in [0.717, 1.165) is 12.1 Å². The predicted octanol–water partition coefficient (Wildman–Crippen LogP) is 2.72. The van der Waals surface area contributed by atoms with Crippen LogP contribution >= 0.6 is 23.2 Å². The third-order valence-electron chi connectivity index (χ3n) is 2.05. The second-order valence-corrected chi connectivity index (χ2v) is 5.90. The molecule has 1 aromatic heterocycles. The molecule has 1 N–H and O–H groups in total. The number of benzene rings is 1. The Morgan fingerprint density at radius 1 is 1.11 bits per heavy atom. The Bertz CT molecular complexity index is 707. The van der Waals surface area contributed by atoms with Gasteiger partial charge >= 0.3 is 0 Å². The molecule has 9 heteroatoms. The van der Waals surface area contributed by atoms with Crippen LogP contribution in [0.4, 0.5) is 10.2 Å². The summed E-state index contributed by atoms with van der Waals surface area (Å²) in [5.41, 5.74) is 0. The predicted molar refractivity (Wildman–Crippen MR) is 69.3 cm³/mol. The van der Waals surface area contributed by atoms with Gasteiger partial charge in [-0.15, -0.1) is 10.2 Å². The van der Waals surface area contributed by atoms with Gasteiger partial charge in [0.1, 0.15) is 10.7 Å². The first kappa shape index (κ1) is 14.0. The molecule has 0 unspecified atom stereocenters. The minimum atomic E-state index is -4.10. The van der Waals surface area contributed by atoms with Crippen LogP contribution in [0.25, 0.3) is 0 Å². The second-order valence-electron chi connectivity index (χ2n) is 3.42. The zero-order valence-corrected chi connectivity index (χ0v) is 11.5. The summed E-state index contributed by atoms with van der Waals surface area (Å²) in [7, 11) is -4.10. The molecule has 0 radical (unpaired) electrons. The van der Waals surface area contributed by atoms with Gasteiger partial charge in [0.15, 0.2) is 11.0 Å². The van der Waals surface area contributed by atoms with Crippen molar-refractivity contribution < 1.29 is 12.8 Å². The molecule has 0 amide bonds. The van der Waals surface area contributed by atoms with Crippen LogP contribution in [-0.4, -0.2) is 18.6 Å². The van der Waals surface area contributed by atoms with Gasteiger partial charge in [-0.05, 0) is 30.3 Å². The third-order valence-corrected chi connectivity index (χ3v) is 3.88. The topological polar surface area (TPSA) is 72.0 Å². The number of anilines is 1. The molecule has 0 bridgehead atoms. The van der Waals surface area contributed by atoms with Gasteiger partial charge in [0.05, 0.1) is 0 Å². The molecule has 0 atom stereocenters. The van der Waals surface area contributed by atoms with Crippen LogP contribution in [0.15, 0.2) is 35.2 Å². The second kappa shape index (κ2) is 5.28. The molecule has 0 aliphatic heterocycles. The van der Waals surface area contributed by atoms with Crippen LogP contribution in [0.5, 0.6) is 0 Å². The van der Waals surface area contributed by atoms with Crippen molar-refractivity contribution in [1.29, 1.82) is 0 Å². The average Bonchev–Trinajstić information content (AvgIpc) is 2.31. The molecule has 0 aliphatic rings. The van der Waals surface area contributed by atoms with E-state index in [-0.39, 0.29) is 16.0 Å². The van der Waals surface area contributed by atoms with Gasteiger partial charge in [0.2, 0.25) is 0 Å². The largest absolute Gasteiger partial charge is 0.266 e. The molecule has 0 aliphatic carbocycles. The number of halogens is 3. The van der Waals surface area contributed by atoms with E-state index in [1.165, 1.54) is 18.2 Å². The van der Waals surface area contributed by atoms with Crippen molar-refractivity contribution in [3.63, 3.8) is 0 Å². The van der Waals surface area contributed by atoms with Crippen molar-refractivity contribution in [2.24, 2.45) is 0 Å². The van der Waals surface area contributed by atoms with E-state index in [0.29, 0.717) is 0 Å². The van der Waals surface area contributed by atoms with Crippen molar-refractivity contribution in [1.82, 2.24) is 10.2 Å². The maximum absolute atomic E-state index is 13.6. The Hall–Kier alpha value is -1.44. The molecule has 19 heavy (non-hydrogen) atoms. The average molecular weight is 322 g/mol. The molecule has 0 saturated heterocycles. The fraction of sp³-hybridized carbons (Fsp3) is 0. The summed E-state index contributed by atoms with van der Waals surface area (Å²) in [4.78, 5) is -0.534. The number of nitrogens with zero attached hydrogens (tertiary/aromatic N) is 2. The van der Waals surface area contributed by atoms with Crippen molar-refractivity contribution in [3.05, 3.63) is 46.3 Å². The summed E-state index contributed by atoms with van der Waals surface area (Å²) in [6.45, 7) is 0.